The van der Waals surface area contributed by atoms with Crippen molar-refractivity contribution >= 4 is 27.5 Å². The maximum absolute atomic E-state index is 13.2. The molecule has 3 aliphatic heterocycles. The van der Waals surface area contributed by atoms with Crippen molar-refractivity contribution in [1.82, 2.24) is 9.21 Å². The summed E-state index contributed by atoms with van der Waals surface area (Å²) in [5, 5.41) is 2.74. The van der Waals surface area contributed by atoms with Gasteiger partial charge in [-0.15, -0.1) is 0 Å². The third-order valence-corrected chi connectivity index (χ3v) is 8.39. The van der Waals surface area contributed by atoms with Crippen LogP contribution in [0.4, 0.5) is 5.69 Å². The number of hydrogen-bond donors (Lipinski definition) is 1. The van der Waals surface area contributed by atoms with Crippen LogP contribution in [0.2, 0.25) is 0 Å². The number of nitrogens with one attached hydrogen (secondary N) is 1. The summed E-state index contributed by atoms with van der Waals surface area (Å²) in [6.07, 6.45) is 5.51. The van der Waals surface area contributed by atoms with E-state index < -0.39 is 16.1 Å². The molecule has 2 saturated heterocycles. The molecular formula is C22H31N3O5S. The van der Waals surface area contributed by atoms with Crippen LogP contribution in [0.3, 0.4) is 0 Å². The Hall–Kier alpha value is -2.13. The van der Waals surface area contributed by atoms with Gasteiger partial charge >= 0.3 is 0 Å². The second-order valence-electron chi connectivity index (χ2n) is 8.58. The zero-order valence-corrected chi connectivity index (χ0v) is 18.8. The van der Waals surface area contributed by atoms with Crippen molar-refractivity contribution in [3.8, 4) is 5.75 Å². The quantitative estimate of drug-likeness (QED) is 0.762. The summed E-state index contributed by atoms with van der Waals surface area (Å²) < 4.78 is 33.4. The number of hydrogen-bond acceptors (Lipinski definition) is 5. The molecule has 9 heteroatoms. The molecule has 1 atom stereocenters. The third-order valence-electron chi connectivity index (χ3n) is 6.50. The minimum absolute atomic E-state index is 0.105. The molecule has 0 unspecified atom stereocenters. The molecule has 0 aliphatic carbocycles. The molecule has 0 bridgehead atoms. The van der Waals surface area contributed by atoms with Crippen molar-refractivity contribution in [2.75, 3.05) is 31.5 Å². The number of nitrogens with zero attached hydrogens (tertiary/aromatic N) is 2. The number of benzene rings is 1. The Morgan fingerprint density at radius 2 is 1.77 bits per heavy atom. The van der Waals surface area contributed by atoms with Crippen molar-refractivity contribution in [1.29, 1.82) is 0 Å². The fourth-order valence-electron chi connectivity index (χ4n) is 4.60. The van der Waals surface area contributed by atoms with Crippen LogP contribution in [0.5, 0.6) is 5.75 Å². The number of carbonyl (C=O) groups is 2. The van der Waals surface area contributed by atoms with Gasteiger partial charge in [0.05, 0.1) is 10.6 Å². The smallest absolute Gasteiger partial charge is 0.265 e. The molecule has 1 N–H and O–H groups in total. The van der Waals surface area contributed by atoms with Crippen LogP contribution < -0.4 is 10.1 Å². The first-order chi connectivity index (χ1) is 14.9. The lowest BCUT2D eigenvalue weighted by Crippen LogP contribution is -2.44. The average molecular weight is 450 g/mol. The molecule has 0 saturated carbocycles. The predicted molar refractivity (Wildman–Crippen MR) is 116 cm³/mol. The molecule has 4 rings (SSSR count). The van der Waals surface area contributed by atoms with E-state index >= 15 is 0 Å². The van der Waals surface area contributed by atoms with Gasteiger partial charge in [-0.3, -0.25) is 9.59 Å². The van der Waals surface area contributed by atoms with Gasteiger partial charge in [-0.25, -0.2) is 8.42 Å². The number of amides is 2. The van der Waals surface area contributed by atoms with Crippen molar-refractivity contribution < 1.29 is 22.7 Å². The lowest BCUT2D eigenvalue weighted by atomic mass is 9.96. The van der Waals surface area contributed by atoms with E-state index in [0.29, 0.717) is 43.8 Å². The molecule has 8 nitrogen and oxygen atoms in total. The van der Waals surface area contributed by atoms with Crippen LogP contribution >= 0.6 is 0 Å². The summed E-state index contributed by atoms with van der Waals surface area (Å²) in [6, 6.07) is 4.58. The van der Waals surface area contributed by atoms with E-state index in [2.05, 4.69) is 5.32 Å². The number of carbonyl (C=O) groups excluding carboxylic acids is 2. The van der Waals surface area contributed by atoms with Crippen molar-refractivity contribution in [2.24, 2.45) is 5.92 Å². The largest absolute Gasteiger partial charge is 0.478 e. The van der Waals surface area contributed by atoms with Crippen LogP contribution in [-0.4, -0.2) is 61.7 Å². The Morgan fingerprint density at radius 3 is 2.42 bits per heavy atom. The monoisotopic (exact) mass is 449 g/mol. The van der Waals surface area contributed by atoms with Gasteiger partial charge in [-0.1, -0.05) is 19.8 Å². The van der Waals surface area contributed by atoms with Crippen LogP contribution in [0, 0.1) is 5.92 Å². The topological polar surface area (TPSA) is 96.0 Å². The zero-order chi connectivity index (χ0) is 22.0. The number of sulfonamides is 1. The predicted octanol–water partition coefficient (Wildman–Crippen LogP) is 2.60. The van der Waals surface area contributed by atoms with Gasteiger partial charge in [0.1, 0.15) is 5.75 Å². The van der Waals surface area contributed by atoms with Gasteiger partial charge in [0.2, 0.25) is 15.9 Å². The molecule has 170 valence electrons. The average Bonchev–Trinajstić information content (AvgIpc) is 3.07. The standard InChI is InChI=1S/C22H31N3O5S/c1-2-19-21(26)23-18-15-17(7-8-20(18)30-19)31(28,29)25-13-9-16(10-14-25)22(27)24-11-5-3-4-6-12-24/h7-8,15-16,19H,2-6,9-14H2,1H3,(H,23,26)/t19-/m1/s1. The molecule has 0 aromatic heterocycles. The van der Waals surface area contributed by atoms with Crippen molar-refractivity contribution in [3.63, 3.8) is 0 Å². The van der Waals surface area contributed by atoms with Gasteiger partial charge in [0, 0.05) is 32.1 Å². The zero-order valence-electron chi connectivity index (χ0n) is 18.0. The lowest BCUT2D eigenvalue weighted by molar-refractivity contribution is -0.136. The highest BCUT2D eigenvalue weighted by Gasteiger charge is 2.35. The van der Waals surface area contributed by atoms with Gasteiger partial charge in [-0.2, -0.15) is 4.31 Å². The van der Waals surface area contributed by atoms with Crippen LogP contribution in [0.15, 0.2) is 23.1 Å². The number of piperidine rings is 1. The summed E-state index contributed by atoms with van der Waals surface area (Å²) in [5.41, 5.74) is 0.377. The fraction of sp³-hybridized carbons (Fsp3) is 0.636. The Morgan fingerprint density at radius 1 is 1.10 bits per heavy atom. The van der Waals surface area contributed by atoms with E-state index in [1.165, 1.54) is 29.3 Å². The molecule has 2 amide bonds. The first-order valence-corrected chi connectivity index (χ1v) is 12.7. The molecule has 0 spiro atoms. The highest BCUT2D eigenvalue weighted by Crippen LogP contribution is 2.34. The van der Waals surface area contributed by atoms with Gasteiger partial charge in [0.25, 0.3) is 5.91 Å². The Bertz CT molecular complexity index is 932. The van der Waals surface area contributed by atoms with Gasteiger partial charge in [-0.05, 0) is 50.3 Å². The second kappa shape index (κ2) is 9.16. The molecule has 0 radical (unpaired) electrons. The Kier molecular flexibility index (Phi) is 6.52. The number of ether oxygens (including phenoxy) is 1. The Balaban J connectivity index is 1.42. The SMILES string of the molecule is CC[C@H]1Oc2ccc(S(=O)(=O)N3CCC(C(=O)N4CCCCCC4)CC3)cc2NC1=O. The summed E-state index contributed by atoms with van der Waals surface area (Å²) in [7, 11) is -3.71. The maximum Gasteiger partial charge on any atom is 0.265 e. The van der Waals surface area contributed by atoms with Gasteiger partial charge < -0.3 is 15.0 Å². The summed E-state index contributed by atoms with van der Waals surface area (Å²) in [4.78, 5) is 27.0. The normalized spacial score (nSPS) is 23.5. The van der Waals surface area contributed by atoms with Gasteiger partial charge in [0.15, 0.2) is 6.10 Å². The lowest BCUT2D eigenvalue weighted by Gasteiger charge is -2.33. The van der Waals surface area contributed by atoms with Crippen molar-refractivity contribution in [2.45, 2.75) is 62.9 Å². The molecule has 1 aromatic carbocycles. The molecular weight excluding hydrogens is 418 g/mol. The number of likely N-dealkylation sites (tertiary alicyclic amines) is 1. The van der Waals surface area contributed by atoms with E-state index in [9.17, 15) is 18.0 Å². The van der Waals surface area contributed by atoms with E-state index in [4.69, 9.17) is 4.74 Å². The summed E-state index contributed by atoms with van der Waals surface area (Å²) in [5.74, 6) is 0.286. The number of anilines is 1. The fourth-order valence-corrected chi connectivity index (χ4v) is 6.10. The van der Waals surface area contributed by atoms with Crippen molar-refractivity contribution in [3.05, 3.63) is 18.2 Å². The van der Waals surface area contributed by atoms with Crippen LogP contribution in [0.25, 0.3) is 0 Å². The second-order valence-corrected chi connectivity index (χ2v) is 10.5. The summed E-state index contributed by atoms with van der Waals surface area (Å²) in [6.45, 7) is 4.14. The molecule has 31 heavy (non-hydrogen) atoms. The van der Waals surface area contributed by atoms with E-state index in [1.807, 2.05) is 11.8 Å². The molecule has 3 aliphatic rings. The summed E-state index contributed by atoms with van der Waals surface area (Å²) >= 11 is 0. The number of rotatable bonds is 4. The minimum Gasteiger partial charge on any atom is -0.478 e. The molecule has 1 aromatic rings. The minimum atomic E-state index is -3.71. The van der Waals surface area contributed by atoms with Crippen LogP contribution in [-0.2, 0) is 19.6 Å². The molecule has 2 fully saturated rings. The highest BCUT2D eigenvalue weighted by atomic mass is 32.2. The third kappa shape index (κ3) is 4.57. The van der Waals surface area contributed by atoms with E-state index in [1.54, 1.807) is 6.07 Å². The molecule has 3 heterocycles. The Labute approximate surface area is 184 Å². The first-order valence-electron chi connectivity index (χ1n) is 11.3. The highest BCUT2D eigenvalue weighted by molar-refractivity contribution is 7.89. The first kappa shape index (κ1) is 22.1. The van der Waals surface area contributed by atoms with E-state index in [0.717, 1.165) is 25.9 Å². The maximum atomic E-state index is 13.2. The number of fused-ring (bicyclic) bond motifs is 1. The van der Waals surface area contributed by atoms with Crippen LogP contribution in [0.1, 0.15) is 51.9 Å². The van der Waals surface area contributed by atoms with E-state index in [-0.39, 0.29) is 22.6 Å².